The van der Waals surface area contributed by atoms with E-state index in [1.54, 1.807) is 31.2 Å². The molecule has 0 unspecified atom stereocenters. The van der Waals surface area contributed by atoms with Crippen molar-refractivity contribution in [1.82, 2.24) is 19.1 Å². The molecule has 12 nitrogen and oxygen atoms in total. The Labute approximate surface area is 367 Å². The number of aryl methyl sites for hydroxylation is 1. The Morgan fingerprint density at radius 3 is 1.48 bits per heavy atom. The summed E-state index contributed by atoms with van der Waals surface area (Å²) in [5.41, 5.74) is 13.5. The van der Waals surface area contributed by atoms with Crippen LogP contribution in [0.25, 0.3) is 11.4 Å². The zero-order valence-corrected chi connectivity index (χ0v) is 37.2. The van der Waals surface area contributed by atoms with E-state index in [2.05, 4.69) is 9.88 Å². The maximum Gasteiger partial charge on any atom is 0.296 e. The number of alkyl halides is 2. The van der Waals surface area contributed by atoms with Gasteiger partial charge in [-0.1, -0.05) is 58.5 Å². The predicted molar refractivity (Wildman–Crippen MR) is 233 cm³/mol. The molecule has 0 radical (unpaired) electrons. The molecule has 4 aliphatic rings. The minimum atomic E-state index is -2.98. The van der Waals surface area contributed by atoms with E-state index < -0.39 is 17.8 Å². The largest absolute Gasteiger partial charge is 0.376 e. The van der Waals surface area contributed by atoms with Gasteiger partial charge in [0.15, 0.2) is 5.82 Å². The quantitative estimate of drug-likeness (QED) is 0.205. The van der Waals surface area contributed by atoms with Crippen LogP contribution in [-0.2, 0) is 9.47 Å². The van der Waals surface area contributed by atoms with Crippen LogP contribution in [0.2, 0.25) is 20.1 Å². The van der Waals surface area contributed by atoms with E-state index in [0.29, 0.717) is 53.4 Å². The molecule has 2 aromatic carbocycles. The van der Waals surface area contributed by atoms with Crippen molar-refractivity contribution in [3.05, 3.63) is 100.0 Å². The molecule has 2 spiro atoms. The van der Waals surface area contributed by atoms with E-state index in [0.717, 1.165) is 49.2 Å². The zero-order chi connectivity index (χ0) is 43.4. The van der Waals surface area contributed by atoms with Crippen molar-refractivity contribution < 1.29 is 18.3 Å². The number of benzene rings is 2. The lowest BCUT2D eigenvalue weighted by Gasteiger charge is -2.42. The fourth-order valence-electron chi connectivity index (χ4n) is 9.19. The zero-order valence-electron chi connectivity index (χ0n) is 34.2. The molecule has 4 atom stereocenters. The van der Waals surface area contributed by atoms with E-state index in [-0.39, 0.29) is 67.8 Å². The number of rotatable bonds is 5. The first-order valence-corrected chi connectivity index (χ1v) is 21.6. The van der Waals surface area contributed by atoms with Crippen molar-refractivity contribution >= 4 is 58.0 Å². The molecule has 0 saturated carbocycles. The van der Waals surface area contributed by atoms with Gasteiger partial charge in [-0.05, 0) is 84.6 Å². The van der Waals surface area contributed by atoms with Gasteiger partial charge in [-0.25, -0.2) is 18.7 Å². The normalized spacial score (nSPS) is 23.4. The first-order chi connectivity index (χ1) is 28.4. The van der Waals surface area contributed by atoms with Crippen LogP contribution in [0.1, 0.15) is 68.7 Å². The van der Waals surface area contributed by atoms with Crippen LogP contribution in [0.15, 0.2) is 46.0 Å². The smallest absolute Gasteiger partial charge is 0.296 e. The number of ether oxygens (including phenoxy) is 2. The number of nitrogens with zero attached hydrogens (tertiary/aromatic N) is 6. The van der Waals surface area contributed by atoms with Crippen LogP contribution in [0.4, 0.5) is 20.4 Å². The average molecular weight is 911 g/mol. The summed E-state index contributed by atoms with van der Waals surface area (Å²) in [5.74, 6) is 0.918. The molecular weight excluding hydrogens is 860 g/mol. The molecule has 4 fully saturated rings. The third kappa shape index (κ3) is 7.95. The van der Waals surface area contributed by atoms with E-state index in [1.807, 2.05) is 32.6 Å². The minimum absolute atomic E-state index is 0.0109. The summed E-state index contributed by atoms with van der Waals surface area (Å²) >= 11 is 24.8. The Bertz CT molecular complexity index is 2380. The Morgan fingerprint density at radius 2 is 1.08 bits per heavy atom. The van der Waals surface area contributed by atoms with Crippen molar-refractivity contribution in [1.29, 1.82) is 0 Å². The van der Waals surface area contributed by atoms with Crippen LogP contribution in [0.5, 0.6) is 0 Å². The topological polar surface area (TPSA) is 147 Å². The first kappa shape index (κ1) is 44.7. The van der Waals surface area contributed by atoms with Gasteiger partial charge in [0.1, 0.15) is 17.5 Å². The Balaban J connectivity index is 0.000000182. The van der Waals surface area contributed by atoms with Crippen molar-refractivity contribution in [2.24, 2.45) is 22.3 Å². The van der Waals surface area contributed by atoms with Crippen molar-refractivity contribution in [3.8, 4) is 11.4 Å². The number of aromatic nitrogens is 4. The number of nitrogens with two attached hydrogens (primary N) is 2. The lowest BCUT2D eigenvalue weighted by atomic mass is 9.73. The molecule has 4 aliphatic heterocycles. The Morgan fingerprint density at radius 1 is 0.683 bits per heavy atom. The molecule has 8 rings (SSSR count). The molecule has 4 aromatic rings. The average Bonchev–Trinajstić information content (AvgIpc) is 3.66. The standard InChI is InChI=1S/C21H24Cl2F2N4O2.C21H26Cl2N4O2/c1-11-18(28-8-6-21(7-9-28)10-31-12(2)16(21)26)27-19(17(24)25)29(20(11)30)14-5-3-4-13(22)15(14)23;1-12-19(26-9-7-21(8-10-26)11-29-13(2)18(21)24)25-14(3)27(20(12)28)16-6-4-5-15(22)17(16)23/h3-5,12,16-17H,6-10,26H2,1-2H3;4-6,13,18H,7-11,24H2,1-3H3/t12-,16+;13-,18+/m00/s1. The molecule has 60 heavy (non-hydrogen) atoms. The molecule has 0 amide bonds. The number of piperidine rings is 2. The Hall–Kier alpha value is -3.34. The SMILES string of the molecule is Cc1c(N2CCC3(CC2)CO[C@@H](C)[C@H]3N)nc(C(F)F)n(-c2cccc(Cl)c2Cl)c1=O.Cc1c(N2CCC3(CC2)CO[C@@H](C)[C@H]3N)nc(C)n(-c2cccc(Cl)c2Cl)c1=O. The van der Waals surface area contributed by atoms with Gasteiger partial charge in [0.25, 0.3) is 17.5 Å². The molecule has 4 N–H and O–H groups in total. The third-order valence-electron chi connectivity index (χ3n) is 13.1. The van der Waals surface area contributed by atoms with E-state index in [9.17, 15) is 18.4 Å². The molecule has 6 heterocycles. The Kier molecular flexibility index (Phi) is 13.0. The van der Waals surface area contributed by atoms with Crippen molar-refractivity contribution in [2.75, 3.05) is 49.2 Å². The second kappa shape index (κ2) is 17.4. The van der Waals surface area contributed by atoms with Gasteiger partial charge in [0.2, 0.25) is 0 Å². The van der Waals surface area contributed by atoms with E-state index in [4.69, 9.17) is 72.3 Å². The lowest BCUT2D eigenvalue weighted by molar-refractivity contribution is 0.0973. The molecule has 324 valence electrons. The highest BCUT2D eigenvalue weighted by Crippen LogP contribution is 2.44. The summed E-state index contributed by atoms with van der Waals surface area (Å²) in [6.07, 6.45) is 0.456. The van der Waals surface area contributed by atoms with Crippen molar-refractivity contribution in [3.63, 3.8) is 0 Å². The first-order valence-electron chi connectivity index (χ1n) is 20.1. The fourth-order valence-corrected chi connectivity index (χ4v) is 9.95. The monoisotopic (exact) mass is 908 g/mol. The third-order valence-corrected chi connectivity index (χ3v) is 14.7. The number of anilines is 2. The molecule has 4 saturated heterocycles. The fraction of sp³-hybridized carbons (Fsp3) is 0.524. The summed E-state index contributed by atoms with van der Waals surface area (Å²) in [6, 6.07) is 9.77. The minimum Gasteiger partial charge on any atom is -0.376 e. The molecule has 18 heteroatoms. The summed E-state index contributed by atoms with van der Waals surface area (Å²) < 4.78 is 41.9. The molecule has 0 aliphatic carbocycles. The number of halogens is 6. The number of hydrogen-bond donors (Lipinski definition) is 2. The second-order valence-corrected chi connectivity index (χ2v) is 18.1. The molecule has 0 bridgehead atoms. The van der Waals surface area contributed by atoms with Crippen molar-refractivity contribution in [2.45, 2.75) is 91.0 Å². The maximum absolute atomic E-state index is 14.0. The van der Waals surface area contributed by atoms with Gasteiger partial charge in [-0.15, -0.1) is 0 Å². The van der Waals surface area contributed by atoms with Gasteiger partial charge in [0.05, 0.1) is 68.0 Å². The van der Waals surface area contributed by atoms with E-state index >= 15 is 0 Å². The summed E-state index contributed by atoms with van der Waals surface area (Å²) in [4.78, 5) is 39.5. The van der Waals surface area contributed by atoms with E-state index in [1.165, 1.54) is 16.7 Å². The van der Waals surface area contributed by atoms with Crippen LogP contribution in [-0.4, -0.2) is 82.8 Å². The highest BCUT2D eigenvalue weighted by molar-refractivity contribution is 6.43. The predicted octanol–water partition coefficient (Wildman–Crippen LogP) is 7.61. The second-order valence-electron chi connectivity index (χ2n) is 16.5. The van der Waals surface area contributed by atoms with Gasteiger partial charge in [0, 0.05) is 49.1 Å². The summed E-state index contributed by atoms with van der Waals surface area (Å²) in [6.45, 7) is 13.3. The lowest BCUT2D eigenvalue weighted by Crippen LogP contribution is -2.51. The van der Waals surface area contributed by atoms with Crippen LogP contribution < -0.4 is 32.4 Å². The summed E-state index contributed by atoms with van der Waals surface area (Å²) in [7, 11) is 0. The highest BCUT2D eigenvalue weighted by Gasteiger charge is 2.49. The van der Waals surface area contributed by atoms with Crippen LogP contribution in [0.3, 0.4) is 0 Å². The maximum atomic E-state index is 14.0. The van der Waals surface area contributed by atoms with Gasteiger partial charge in [-0.3, -0.25) is 18.7 Å². The number of hydrogen-bond acceptors (Lipinski definition) is 10. The highest BCUT2D eigenvalue weighted by atomic mass is 35.5. The van der Waals surface area contributed by atoms with Gasteiger partial charge < -0.3 is 30.7 Å². The summed E-state index contributed by atoms with van der Waals surface area (Å²) in [5, 5.41) is 0.936. The molecular formula is C42H50Cl4F2N8O4. The molecule has 2 aromatic heterocycles. The van der Waals surface area contributed by atoms with Crippen LogP contribution in [0, 0.1) is 31.6 Å². The van der Waals surface area contributed by atoms with Crippen LogP contribution >= 0.6 is 46.4 Å². The van der Waals surface area contributed by atoms with Gasteiger partial charge in [-0.2, -0.15) is 0 Å². The van der Waals surface area contributed by atoms with Gasteiger partial charge >= 0.3 is 0 Å².